The first-order valence-electron chi connectivity index (χ1n) is 7.75. The van der Waals surface area contributed by atoms with Crippen LogP contribution >= 0.6 is 7.60 Å². The summed E-state index contributed by atoms with van der Waals surface area (Å²) >= 11 is 0. The van der Waals surface area contributed by atoms with E-state index in [9.17, 15) is 14.6 Å². The van der Waals surface area contributed by atoms with Gasteiger partial charge in [-0.25, -0.2) is 0 Å². The van der Waals surface area contributed by atoms with Gasteiger partial charge in [-0.3, -0.25) is 9.09 Å². The van der Waals surface area contributed by atoms with Crippen LogP contribution in [0.25, 0.3) is 0 Å². The number of aliphatic hydroxyl groups excluding tert-OH is 1. The Balaban J connectivity index is 3.44. The number of aliphatic hydroxyl groups is 1. The third-order valence-electron chi connectivity index (χ3n) is 3.61. The average molecular weight is 343 g/mol. The van der Waals surface area contributed by atoms with Crippen molar-refractivity contribution in [2.75, 3.05) is 0 Å². The Kier molecular flexibility index (Phi) is 5.88. The highest BCUT2D eigenvalue weighted by Gasteiger charge is 2.35. The van der Waals surface area contributed by atoms with Gasteiger partial charge in [0.15, 0.2) is 5.85 Å². The smallest absolute Gasteiger partial charge is 0.362 e. The van der Waals surface area contributed by atoms with Gasteiger partial charge in [0.2, 0.25) is 0 Å². The van der Waals surface area contributed by atoms with Crippen LogP contribution in [0, 0.1) is 0 Å². The number of nitrogens with two attached hydrogens (primary N) is 1. The average Bonchev–Trinajstić information content (AvgIpc) is 2.33. The van der Waals surface area contributed by atoms with Gasteiger partial charge in [-0.1, -0.05) is 59.7 Å². The van der Waals surface area contributed by atoms with Crippen molar-refractivity contribution in [2.45, 2.75) is 71.4 Å². The summed E-state index contributed by atoms with van der Waals surface area (Å²) in [5.41, 5.74) is 7.46. The fourth-order valence-electron chi connectivity index (χ4n) is 2.15. The molecule has 3 atom stereocenters. The molecule has 3 unspecified atom stereocenters. The monoisotopic (exact) mass is 343 g/mol. The van der Waals surface area contributed by atoms with Gasteiger partial charge in [0.1, 0.15) is 6.23 Å². The highest BCUT2D eigenvalue weighted by atomic mass is 31.2. The fraction of sp³-hybridized carbons (Fsp3) is 0.647. The number of hydrogen-bond donors (Lipinski definition) is 3. The van der Waals surface area contributed by atoms with Crippen molar-refractivity contribution < 1.29 is 19.1 Å². The topological polar surface area (TPSA) is 92.8 Å². The molecular formula is C17H30NO4P. The number of rotatable bonds is 4. The molecule has 1 rings (SSSR count). The predicted molar refractivity (Wildman–Crippen MR) is 93.4 cm³/mol. The molecule has 132 valence electrons. The van der Waals surface area contributed by atoms with E-state index in [1.54, 1.807) is 12.1 Å². The molecule has 4 N–H and O–H groups in total. The zero-order chi connectivity index (χ0) is 18.2. The van der Waals surface area contributed by atoms with E-state index in [0.29, 0.717) is 5.56 Å². The highest BCUT2D eigenvalue weighted by Crippen LogP contribution is 2.56. The molecule has 1 aromatic carbocycles. The summed E-state index contributed by atoms with van der Waals surface area (Å²) in [7, 11) is -4.28. The summed E-state index contributed by atoms with van der Waals surface area (Å²) in [6.45, 7) is 13.8. The second-order valence-electron chi connectivity index (χ2n) is 8.09. The second kappa shape index (κ2) is 6.66. The molecular weight excluding hydrogens is 313 g/mol. The Bertz CT molecular complexity index is 567. The Hall–Kier alpha value is -0.710. The largest absolute Gasteiger partial charge is 0.376 e. The van der Waals surface area contributed by atoms with Crippen LogP contribution in [0.15, 0.2) is 18.2 Å². The summed E-state index contributed by atoms with van der Waals surface area (Å²) in [6, 6.07) is 5.59. The molecule has 0 aromatic heterocycles. The van der Waals surface area contributed by atoms with E-state index in [1.807, 2.05) is 0 Å². The van der Waals surface area contributed by atoms with E-state index in [4.69, 9.17) is 10.3 Å². The normalized spacial score (nSPS) is 18.3. The van der Waals surface area contributed by atoms with Crippen LogP contribution in [0.4, 0.5) is 0 Å². The van der Waals surface area contributed by atoms with Gasteiger partial charge in [-0.15, -0.1) is 0 Å². The van der Waals surface area contributed by atoms with Gasteiger partial charge in [-0.2, -0.15) is 0 Å². The lowest BCUT2D eigenvalue weighted by Gasteiger charge is -2.28. The highest BCUT2D eigenvalue weighted by molar-refractivity contribution is 7.53. The molecule has 23 heavy (non-hydrogen) atoms. The maximum atomic E-state index is 12.3. The molecule has 0 radical (unpaired) electrons. The van der Waals surface area contributed by atoms with Crippen LogP contribution < -0.4 is 5.73 Å². The summed E-state index contributed by atoms with van der Waals surface area (Å²) in [5.74, 6) is -1.63. The molecule has 0 amide bonds. The summed E-state index contributed by atoms with van der Waals surface area (Å²) < 4.78 is 17.1. The first-order chi connectivity index (χ1) is 10.1. The Morgan fingerprint density at radius 3 is 1.74 bits per heavy atom. The van der Waals surface area contributed by atoms with Gasteiger partial charge in [-0.05, 0) is 34.4 Å². The molecule has 0 bridgehead atoms. The van der Waals surface area contributed by atoms with Crippen molar-refractivity contribution in [3.8, 4) is 0 Å². The molecule has 0 saturated heterocycles. The predicted octanol–water partition coefficient (Wildman–Crippen LogP) is 3.78. The van der Waals surface area contributed by atoms with Crippen molar-refractivity contribution in [1.82, 2.24) is 0 Å². The molecule has 5 nitrogen and oxygen atoms in total. The second-order valence-corrected chi connectivity index (χ2v) is 9.92. The SMILES string of the molecule is CC(N)OP(=O)(O)C(O)c1cc(C(C)(C)C)cc(C(C)(C)C)c1. The van der Waals surface area contributed by atoms with Gasteiger partial charge < -0.3 is 15.7 Å². The molecule has 0 aliphatic heterocycles. The zero-order valence-electron chi connectivity index (χ0n) is 15.1. The number of hydrogen-bond acceptors (Lipinski definition) is 4. The van der Waals surface area contributed by atoms with E-state index in [1.165, 1.54) is 6.92 Å². The molecule has 0 heterocycles. The minimum atomic E-state index is -4.28. The minimum absolute atomic E-state index is 0.156. The van der Waals surface area contributed by atoms with Crippen molar-refractivity contribution >= 4 is 7.60 Å². The van der Waals surface area contributed by atoms with E-state index in [0.717, 1.165) is 11.1 Å². The van der Waals surface area contributed by atoms with E-state index in [2.05, 4.69) is 47.6 Å². The lowest BCUT2D eigenvalue weighted by molar-refractivity contribution is 0.142. The first kappa shape index (κ1) is 20.3. The van der Waals surface area contributed by atoms with E-state index >= 15 is 0 Å². The van der Waals surface area contributed by atoms with E-state index in [-0.39, 0.29) is 10.8 Å². The molecule has 1 aromatic rings. The molecule has 0 saturated carbocycles. The third-order valence-corrected chi connectivity index (χ3v) is 5.16. The van der Waals surface area contributed by atoms with Crippen LogP contribution in [0.3, 0.4) is 0 Å². The standard InChI is InChI=1S/C17H30NO4P/c1-11(18)22-23(20,21)15(19)12-8-13(16(2,3)4)10-14(9-12)17(5,6)7/h8-11,15,19H,18H2,1-7H3,(H,20,21). The van der Waals surface area contributed by atoms with Crippen molar-refractivity contribution in [2.24, 2.45) is 5.73 Å². The van der Waals surface area contributed by atoms with Crippen LogP contribution in [0.2, 0.25) is 0 Å². The van der Waals surface area contributed by atoms with Gasteiger partial charge in [0.05, 0.1) is 0 Å². The molecule has 0 aliphatic rings. The zero-order valence-corrected chi connectivity index (χ0v) is 16.0. The van der Waals surface area contributed by atoms with E-state index < -0.39 is 19.7 Å². The molecule has 0 fully saturated rings. The van der Waals surface area contributed by atoms with Gasteiger partial charge >= 0.3 is 7.60 Å². The van der Waals surface area contributed by atoms with Crippen LogP contribution in [-0.2, 0) is 19.9 Å². The molecule has 0 aliphatic carbocycles. The Morgan fingerprint density at radius 1 is 1.04 bits per heavy atom. The lowest BCUT2D eigenvalue weighted by atomic mass is 9.79. The van der Waals surface area contributed by atoms with Gasteiger partial charge in [0, 0.05) is 0 Å². The minimum Gasteiger partial charge on any atom is -0.376 e. The van der Waals surface area contributed by atoms with Crippen LogP contribution in [0.1, 0.15) is 71.0 Å². The molecule has 6 heteroatoms. The maximum absolute atomic E-state index is 12.3. The fourth-order valence-corrected chi connectivity index (χ4v) is 3.27. The third kappa shape index (κ3) is 5.40. The van der Waals surface area contributed by atoms with Crippen molar-refractivity contribution in [3.63, 3.8) is 0 Å². The van der Waals surface area contributed by atoms with Gasteiger partial charge in [0.25, 0.3) is 0 Å². The summed E-state index contributed by atoms with van der Waals surface area (Å²) in [6.07, 6.45) is -0.937. The summed E-state index contributed by atoms with van der Waals surface area (Å²) in [5, 5.41) is 10.4. The van der Waals surface area contributed by atoms with Crippen LogP contribution in [-0.4, -0.2) is 16.2 Å². The quantitative estimate of drug-likeness (QED) is 0.571. The van der Waals surface area contributed by atoms with Crippen molar-refractivity contribution in [1.29, 1.82) is 0 Å². The number of benzene rings is 1. The van der Waals surface area contributed by atoms with Crippen molar-refractivity contribution in [3.05, 3.63) is 34.9 Å². The lowest BCUT2D eigenvalue weighted by Crippen LogP contribution is -2.20. The Labute approximate surface area is 139 Å². The Morgan fingerprint density at radius 2 is 1.43 bits per heavy atom. The van der Waals surface area contributed by atoms with Crippen LogP contribution in [0.5, 0.6) is 0 Å². The summed E-state index contributed by atoms with van der Waals surface area (Å²) in [4.78, 5) is 10.00. The maximum Gasteiger partial charge on any atom is 0.362 e. The molecule has 0 spiro atoms. The first-order valence-corrected chi connectivity index (χ1v) is 9.40.